The molecule has 12 heteroatoms. The lowest BCUT2D eigenvalue weighted by Gasteiger charge is -2.31. The number of hydrogen-bond donors (Lipinski definition) is 6. The lowest BCUT2D eigenvalue weighted by Crippen LogP contribution is -2.53. The number of anilines is 1. The zero-order valence-corrected chi connectivity index (χ0v) is 25.9. The van der Waals surface area contributed by atoms with Gasteiger partial charge in [0.25, 0.3) is 5.91 Å². The van der Waals surface area contributed by atoms with E-state index in [0.29, 0.717) is 17.7 Å². The summed E-state index contributed by atoms with van der Waals surface area (Å²) in [5, 5.41) is 47.3. The van der Waals surface area contributed by atoms with Gasteiger partial charge in [-0.05, 0) is 61.2 Å². The van der Waals surface area contributed by atoms with Crippen LogP contribution in [-0.2, 0) is 21.2 Å². The Morgan fingerprint density at radius 1 is 0.909 bits per heavy atom. The van der Waals surface area contributed by atoms with Crippen LogP contribution >= 0.6 is 0 Å². The average Bonchev–Trinajstić information content (AvgIpc) is 3.00. The summed E-state index contributed by atoms with van der Waals surface area (Å²) >= 11 is 0. The first-order chi connectivity index (χ1) is 20.8. The maximum atomic E-state index is 13.6. The Balaban J connectivity index is 1.80. The van der Waals surface area contributed by atoms with E-state index in [0.717, 1.165) is 22.0 Å². The SMILES string of the molecule is CC[C@H](C)CN(C[C@@H](O)[C@H](Cc1ccccc1)NC(=O)[C@@H](O)CNc1ccc(C(C)=O)cc1)S(=O)(=O)c1ccc(O)c(O)c1. The first-order valence-electron chi connectivity index (χ1n) is 14.4. The molecule has 0 aliphatic heterocycles. The summed E-state index contributed by atoms with van der Waals surface area (Å²) in [6.45, 7) is 4.74. The zero-order chi connectivity index (χ0) is 32.4. The quantitative estimate of drug-likeness (QED) is 0.103. The lowest BCUT2D eigenvalue weighted by molar-refractivity contribution is -0.130. The summed E-state index contributed by atoms with van der Waals surface area (Å²) in [6.07, 6.45) is -2.09. The highest BCUT2D eigenvalue weighted by Gasteiger charge is 2.33. The number of phenols is 2. The Morgan fingerprint density at radius 3 is 2.16 bits per heavy atom. The fraction of sp³-hybridized carbons (Fsp3) is 0.375. The number of aliphatic hydroxyl groups excluding tert-OH is 2. The summed E-state index contributed by atoms with van der Waals surface area (Å²) in [7, 11) is -4.23. The molecule has 3 aromatic rings. The van der Waals surface area contributed by atoms with Crippen LogP contribution in [0.15, 0.2) is 77.7 Å². The zero-order valence-electron chi connectivity index (χ0n) is 25.1. The first-order valence-corrected chi connectivity index (χ1v) is 15.8. The van der Waals surface area contributed by atoms with E-state index < -0.39 is 45.7 Å². The number of rotatable bonds is 16. The molecule has 0 aliphatic rings. The van der Waals surface area contributed by atoms with Gasteiger partial charge in [0.15, 0.2) is 17.3 Å². The van der Waals surface area contributed by atoms with Gasteiger partial charge >= 0.3 is 0 Å². The lowest BCUT2D eigenvalue weighted by atomic mass is 10.0. The van der Waals surface area contributed by atoms with Gasteiger partial charge in [0, 0.05) is 37.0 Å². The number of amides is 1. The second-order valence-corrected chi connectivity index (χ2v) is 12.8. The molecule has 0 aliphatic carbocycles. The molecule has 0 saturated carbocycles. The predicted octanol–water partition coefficient (Wildman–Crippen LogP) is 2.90. The normalized spacial score (nSPS) is 14.4. The van der Waals surface area contributed by atoms with Crippen LogP contribution in [-0.4, -0.2) is 82.7 Å². The molecule has 238 valence electrons. The van der Waals surface area contributed by atoms with E-state index >= 15 is 0 Å². The molecule has 3 rings (SSSR count). The molecule has 0 aromatic heterocycles. The van der Waals surface area contributed by atoms with E-state index in [1.54, 1.807) is 48.5 Å². The maximum absolute atomic E-state index is 13.6. The number of nitrogens with zero attached hydrogens (tertiary/aromatic N) is 1. The molecule has 3 aromatic carbocycles. The predicted molar refractivity (Wildman–Crippen MR) is 167 cm³/mol. The molecular formula is C32H41N3O8S. The number of nitrogens with one attached hydrogen (secondary N) is 2. The van der Waals surface area contributed by atoms with Crippen LogP contribution < -0.4 is 10.6 Å². The van der Waals surface area contributed by atoms with Gasteiger partial charge in [-0.25, -0.2) is 8.42 Å². The third kappa shape index (κ3) is 9.52. The van der Waals surface area contributed by atoms with Crippen LogP contribution in [0.2, 0.25) is 0 Å². The molecule has 0 spiro atoms. The van der Waals surface area contributed by atoms with Crippen molar-refractivity contribution in [3.63, 3.8) is 0 Å². The topological polar surface area (TPSA) is 176 Å². The van der Waals surface area contributed by atoms with Crippen molar-refractivity contribution in [2.45, 2.75) is 56.8 Å². The van der Waals surface area contributed by atoms with Crippen molar-refractivity contribution in [2.75, 3.05) is 25.0 Å². The van der Waals surface area contributed by atoms with Gasteiger partial charge in [-0.15, -0.1) is 0 Å². The number of aliphatic hydroxyl groups is 2. The summed E-state index contributed by atoms with van der Waals surface area (Å²) in [5.74, 6) is -2.00. The van der Waals surface area contributed by atoms with E-state index in [1.165, 1.54) is 13.0 Å². The van der Waals surface area contributed by atoms with E-state index in [1.807, 2.05) is 19.9 Å². The number of Topliss-reactive ketones (excluding diaryl/α,β-unsaturated/α-hetero) is 1. The van der Waals surface area contributed by atoms with Gasteiger partial charge in [-0.1, -0.05) is 50.6 Å². The largest absolute Gasteiger partial charge is 0.504 e. The molecule has 0 fully saturated rings. The molecule has 11 nitrogen and oxygen atoms in total. The van der Waals surface area contributed by atoms with Crippen molar-refractivity contribution in [1.29, 1.82) is 0 Å². The Hall–Kier alpha value is -3.97. The van der Waals surface area contributed by atoms with Crippen LogP contribution in [0.5, 0.6) is 11.5 Å². The molecule has 1 amide bonds. The van der Waals surface area contributed by atoms with Crippen molar-refractivity contribution in [3.8, 4) is 11.5 Å². The number of sulfonamides is 1. The van der Waals surface area contributed by atoms with Crippen LogP contribution in [0.1, 0.15) is 43.1 Å². The summed E-state index contributed by atoms with van der Waals surface area (Å²) in [6, 6.07) is 17.8. The second-order valence-electron chi connectivity index (χ2n) is 10.9. The number of carbonyl (C=O) groups excluding carboxylic acids is 2. The van der Waals surface area contributed by atoms with E-state index in [9.17, 15) is 38.4 Å². The minimum atomic E-state index is -4.23. The van der Waals surface area contributed by atoms with Crippen molar-refractivity contribution < 1.29 is 38.4 Å². The van der Waals surface area contributed by atoms with Gasteiger partial charge < -0.3 is 31.1 Å². The van der Waals surface area contributed by atoms with E-state index in [-0.39, 0.29) is 42.7 Å². The molecule has 0 unspecified atom stereocenters. The minimum Gasteiger partial charge on any atom is -0.504 e. The highest BCUT2D eigenvalue weighted by molar-refractivity contribution is 7.89. The molecule has 44 heavy (non-hydrogen) atoms. The number of benzene rings is 3. The summed E-state index contributed by atoms with van der Waals surface area (Å²) < 4.78 is 28.4. The number of aromatic hydroxyl groups is 2. The fourth-order valence-electron chi connectivity index (χ4n) is 4.46. The molecule has 0 heterocycles. The minimum absolute atomic E-state index is 0.0541. The second kappa shape index (κ2) is 15.7. The Bertz CT molecular complexity index is 1500. The van der Waals surface area contributed by atoms with Crippen LogP contribution in [0.25, 0.3) is 0 Å². The smallest absolute Gasteiger partial charge is 0.251 e. The average molecular weight is 628 g/mol. The molecule has 0 saturated heterocycles. The van der Waals surface area contributed by atoms with Crippen molar-refractivity contribution >= 4 is 27.4 Å². The van der Waals surface area contributed by atoms with Crippen LogP contribution in [0, 0.1) is 5.92 Å². The monoisotopic (exact) mass is 627 g/mol. The van der Waals surface area contributed by atoms with E-state index in [4.69, 9.17) is 0 Å². The third-order valence-electron chi connectivity index (χ3n) is 7.37. The number of hydrogen-bond acceptors (Lipinski definition) is 9. The van der Waals surface area contributed by atoms with Gasteiger partial charge in [0.2, 0.25) is 10.0 Å². The Morgan fingerprint density at radius 2 is 1.57 bits per heavy atom. The van der Waals surface area contributed by atoms with Crippen LogP contribution in [0.3, 0.4) is 0 Å². The maximum Gasteiger partial charge on any atom is 0.251 e. The van der Waals surface area contributed by atoms with Gasteiger partial charge in [0.1, 0.15) is 6.10 Å². The first kappa shape index (κ1) is 34.5. The molecule has 0 radical (unpaired) electrons. The van der Waals surface area contributed by atoms with Crippen molar-refractivity contribution in [1.82, 2.24) is 9.62 Å². The Kier molecular flexibility index (Phi) is 12.3. The highest BCUT2D eigenvalue weighted by atomic mass is 32.2. The molecular weight excluding hydrogens is 586 g/mol. The highest BCUT2D eigenvalue weighted by Crippen LogP contribution is 2.29. The van der Waals surface area contributed by atoms with Gasteiger partial charge in [0.05, 0.1) is 17.0 Å². The number of carbonyl (C=O) groups is 2. The van der Waals surface area contributed by atoms with Gasteiger partial charge in [-0.2, -0.15) is 4.31 Å². The number of phenolic OH excluding ortho intramolecular Hbond substituents is 2. The van der Waals surface area contributed by atoms with Crippen molar-refractivity contribution in [3.05, 3.63) is 83.9 Å². The molecule has 6 N–H and O–H groups in total. The summed E-state index contributed by atoms with van der Waals surface area (Å²) in [4.78, 5) is 24.3. The van der Waals surface area contributed by atoms with Crippen LogP contribution in [0.4, 0.5) is 5.69 Å². The number of ketones is 1. The summed E-state index contributed by atoms with van der Waals surface area (Å²) in [5.41, 5.74) is 1.89. The molecule has 0 bridgehead atoms. The van der Waals surface area contributed by atoms with Crippen molar-refractivity contribution in [2.24, 2.45) is 5.92 Å². The standard InChI is InChI=1S/C32H41N3O8S/c1-4-21(2)19-35(44(42,43)26-14-15-28(37)29(38)17-26)20-31(40)27(16-23-8-6-5-7-9-23)34-32(41)30(39)18-33-25-12-10-24(11-13-25)22(3)36/h5-15,17,21,27,30-31,33,37-40H,4,16,18-20H2,1-3H3,(H,34,41)/t21-,27-,30-,31+/m0/s1. The Labute approximate surface area is 258 Å². The fourth-order valence-corrected chi connectivity index (χ4v) is 6.05. The van der Waals surface area contributed by atoms with Gasteiger partial charge in [-0.3, -0.25) is 9.59 Å². The third-order valence-corrected chi connectivity index (χ3v) is 9.20. The van der Waals surface area contributed by atoms with E-state index in [2.05, 4.69) is 10.6 Å². The molecule has 4 atom stereocenters.